The predicted molar refractivity (Wildman–Crippen MR) is 84.8 cm³/mol. The highest BCUT2D eigenvalue weighted by molar-refractivity contribution is 7.89. The van der Waals surface area contributed by atoms with Gasteiger partial charge < -0.3 is 19.7 Å². The molecular weight excluding hydrogens is 334 g/mol. The predicted octanol–water partition coefficient (Wildman–Crippen LogP) is 0.0386. The molecule has 1 saturated carbocycles. The number of rotatable bonds is 8. The Hall–Kier alpha value is -1.48. The Labute approximate surface area is 141 Å². The van der Waals surface area contributed by atoms with E-state index in [2.05, 4.69) is 4.72 Å². The van der Waals surface area contributed by atoms with Gasteiger partial charge >= 0.3 is 0 Å². The minimum Gasteiger partial charge on any atom is -0.545 e. The third-order valence-corrected chi connectivity index (χ3v) is 5.46. The van der Waals surface area contributed by atoms with Crippen molar-refractivity contribution in [3.8, 4) is 0 Å². The summed E-state index contributed by atoms with van der Waals surface area (Å²) in [6.07, 6.45) is 4.43. The lowest BCUT2D eigenvalue weighted by atomic mass is 9.98. The Kier molecular flexibility index (Phi) is 6.73. The van der Waals surface area contributed by atoms with Crippen LogP contribution < -0.4 is 9.83 Å². The second-order valence-corrected chi connectivity index (χ2v) is 7.62. The summed E-state index contributed by atoms with van der Waals surface area (Å²) >= 11 is 0. The van der Waals surface area contributed by atoms with Crippen LogP contribution in [-0.4, -0.2) is 44.9 Å². The number of nitrogens with one attached hydrogen (secondary N) is 1. The molecule has 0 radical (unpaired) electrons. The largest absolute Gasteiger partial charge is 0.545 e. The molecule has 0 saturated heterocycles. The lowest BCUT2D eigenvalue weighted by molar-refractivity contribution is -0.255. The maximum atomic E-state index is 12.2. The molecule has 0 bridgehead atoms. The molecule has 0 unspecified atom stereocenters. The van der Waals surface area contributed by atoms with E-state index >= 15 is 0 Å². The highest BCUT2D eigenvalue weighted by Gasteiger charge is 2.21. The van der Waals surface area contributed by atoms with E-state index in [4.69, 9.17) is 4.74 Å². The number of hydrogen-bond acceptors (Lipinski definition) is 6. The Morgan fingerprint density at radius 2 is 1.96 bits per heavy atom. The molecule has 134 valence electrons. The summed E-state index contributed by atoms with van der Waals surface area (Å²) in [6.45, 7) is -0.217. The zero-order valence-corrected chi connectivity index (χ0v) is 14.1. The minimum absolute atomic E-state index is 0.0370. The van der Waals surface area contributed by atoms with E-state index in [0.717, 1.165) is 31.7 Å². The average molecular weight is 356 g/mol. The number of aliphatic hydroxyl groups excluding tert-OH is 1. The zero-order chi connectivity index (χ0) is 17.6. The van der Waals surface area contributed by atoms with Crippen molar-refractivity contribution in [2.24, 2.45) is 0 Å². The van der Waals surface area contributed by atoms with Gasteiger partial charge in [-0.25, -0.2) is 13.1 Å². The number of ether oxygens (including phenoxy) is 1. The average Bonchev–Trinajstić information content (AvgIpc) is 2.59. The number of aromatic carboxylic acids is 1. The molecule has 1 aliphatic carbocycles. The zero-order valence-electron chi connectivity index (χ0n) is 13.3. The van der Waals surface area contributed by atoms with E-state index in [1.165, 1.54) is 24.6 Å². The number of carboxylic acid groups (broad SMARTS) is 1. The third-order valence-electron chi connectivity index (χ3n) is 3.98. The fraction of sp³-hybridized carbons (Fsp3) is 0.562. The molecule has 1 aromatic carbocycles. The summed E-state index contributed by atoms with van der Waals surface area (Å²) in [4.78, 5) is 10.6. The molecule has 7 nitrogen and oxygen atoms in total. The van der Waals surface area contributed by atoms with Crippen LogP contribution in [0.3, 0.4) is 0 Å². The van der Waals surface area contributed by atoms with Crippen molar-refractivity contribution in [3.05, 3.63) is 29.8 Å². The van der Waals surface area contributed by atoms with Crippen LogP contribution >= 0.6 is 0 Å². The van der Waals surface area contributed by atoms with Crippen LogP contribution in [0.1, 0.15) is 42.5 Å². The highest BCUT2D eigenvalue weighted by Crippen LogP contribution is 2.20. The first-order valence-corrected chi connectivity index (χ1v) is 9.48. The van der Waals surface area contributed by atoms with Gasteiger partial charge in [-0.1, -0.05) is 37.5 Å². The number of carbonyl (C=O) groups is 1. The van der Waals surface area contributed by atoms with Gasteiger partial charge in [0.25, 0.3) is 0 Å². The van der Waals surface area contributed by atoms with Gasteiger partial charge in [-0.05, 0) is 18.9 Å². The number of carboxylic acids is 1. The number of carbonyl (C=O) groups excluding carboxylic acids is 1. The second kappa shape index (κ2) is 8.57. The van der Waals surface area contributed by atoms with Crippen molar-refractivity contribution in [2.75, 3.05) is 13.2 Å². The number of aliphatic hydroxyl groups is 1. The molecule has 0 amide bonds. The van der Waals surface area contributed by atoms with Crippen molar-refractivity contribution in [1.82, 2.24) is 4.72 Å². The van der Waals surface area contributed by atoms with E-state index in [9.17, 15) is 23.4 Å². The second-order valence-electron chi connectivity index (χ2n) is 5.88. The summed E-state index contributed by atoms with van der Waals surface area (Å²) in [5, 5.41) is 20.9. The lowest BCUT2D eigenvalue weighted by Crippen LogP contribution is -2.37. The van der Waals surface area contributed by atoms with Gasteiger partial charge in [0.15, 0.2) is 0 Å². The molecule has 1 fully saturated rings. The van der Waals surface area contributed by atoms with Crippen LogP contribution in [0, 0.1) is 0 Å². The van der Waals surface area contributed by atoms with E-state index in [1.807, 2.05) is 0 Å². The smallest absolute Gasteiger partial charge is 0.241 e. The molecule has 0 aromatic heterocycles. The first-order valence-electron chi connectivity index (χ1n) is 8.00. The standard InChI is InChI=1S/C16H23NO6S/c18-12(11-23-13-6-2-1-3-7-13)10-17-24(21,22)15-9-5-4-8-14(15)16(19)20/h4-5,8-9,12-13,17-18H,1-3,6-7,10-11H2,(H,19,20)/p-1/t12-/m1/s1. The molecular formula is C16H22NO6S-. The quantitative estimate of drug-likeness (QED) is 0.679. The Balaban J connectivity index is 1.89. The summed E-state index contributed by atoms with van der Waals surface area (Å²) in [6, 6.07) is 5.17. The monoisotopic (exact) mass is 356 g/mol. The van der Waals surface area contributed by atoms with Gasteiger partial charge in [0.2, 0.25) is 10.0 Å². The van der Waals surface area contributed by atoms with Gasteiger partial charge in [0, 0.05) is 12.1 Å². The molecule has 24 heavy (non-hydrogen) atoms. The van der Waals surface area contributed by atoms with Gasteiger partial charge in [0.1, 0.15) is 0 Å². The highest BCUT2D eigenvalue weighted by atomic mass is 32.2. The number of sulfonamides is 1. The molecule has 1 atom stereocenters. The number of hydrogen-bond donors (Lipinski definition) is 2. The van der Waals surface area contributed by atoms with E-state index in [1.54, 1.807) is 0 Å². The van der Waals surface area contributed by atoms with Crippen molar-refractivity contribution >= 4 is 16.0 Å². The van der Waals surface area contributed by atoms with Gasteiger partial charge in [0.05, 0.1) is 29.7 Å². The molecule has 2 N–H and O–H groups in total. The third kappa shape index (κ3) is 5.27. The molecule has 2 rings (SSSR count). The van der Waals surface area contributed by atoms with Gasteiger partial charge in [-0.15, -0.1) is 0 Å². The van der Waals surface area contributed by atoms with E-state index < -0.39 is 27.7 Å². The van der Waals surface area contributed by atoms with Crippen molar-refractivity contribution in [1.29, 1.82) is 0 Å². The van der Waals surface area contributed by atoms with E-state index in [-0.39, 0.29) is 24.2 Å². The van der Waals surface area contributed by atoms with Crippen molar-refractivity contribution in [3.63, 3.8) is 0 Å². The Morgan fingerprint density at radius 1 is 1.29 bits per heavy atom. The lowest BCUT2D eigenvalue weighted by Gasteiger charge is -2.23. The molecule has 8 heteroatoms. The van der Waals surface area contributed by atoms with Gasteiger partial charge in [-0.3, -0.25) is 0 Å². The summed E-state index contributed by atoms with van der Waals surface area (Å²) in [5.74, 6) is -1.57. The molecule has 0 spiro atoms. The van der Waals surface area contributed by atoms with Crippen LogP contribution in [0.4, 0.5) is 0 Å². The van der Waals surface area contributed by atoms with Crippen LogP contribution in [0.15, 0.2) is 29.2 Å². The molecule has 1 aliphatic rings. The SMILES string of the molecule is O=C([O-])c1ccccc1S(=O)(=O)NC[C@@H](O)COC1CCCCC1. The first kappa shape index (κ1) is 18.9. The van der Waals surface area contributed by atoms with Crippen molar-refractivity contribution < 1.29 is 28.2 Å². The van der Waals surface area contributed by atoms with Gasteiger partial charge in [-0.2, -0.15) is 0 Å². The topological polar surface area (TPSA) is 116 Å². The van der Waals surface area contributed by atoms with Crippen molar-refractivity contribution in [2.45, 2.75) is 49.2 Å². The van der Waals surface area contributed by atoms with Crippen LogP contribution in [0.5, 0.6) is 0 Å². The molecule has 1 aromatic rings. The summed E-state index contributed by atoms with van der Waals surface area (Å²) in [5.41, 5.74) is -0.419. The maximum Gasteiger partial charge on any atom is 0.241 e. The van der Waals surface area contributed by atoms with Crippen LogP contribution in [-0.2, 0) is 14.8 Å². The fourth-order valence-electron chi connectivity index (χ4n) is 2.69. The Bertz CT molecular complexity index is 654. The van der Waals surface area contributed by atoms with Crippen LogP contribution in [0.25, 0.3) is 0 Å². The Morgan fingerprint density at radius 3 is 2.62 bits per heavy atom. The fourth-order valence-corrected chi connectivity index (χ4v) is 3.96. The minimum atomic E-state index is -4.06. The maximum absolute atomic E-state index is 12.2. The summed E-state index contributed by atoms with van der Waals surface area (Å²) < 4.78 is 32.2. The first-order chi connectivity index (χ1) is 11.4. The van der Waals surface area contributed by atoms with Crippen LogP contribution in [0.2, 0.25) is 0 Å². The number of benzene rings is 1. The molecule has 0 heterocycles. The normalized spacial score (nSPS) is 17.5. The summed E-state index contributed by atoms with van der Waals surface area (Å²) in [7, 11) is -4.06. The van der Waals surface area contributed by atoms with E-state index in [0.29, 0.717) is 0 Å². The molecule has 0 aliphatic heterocycles.